The van der Waals surface area contributed by atoms with Gasteiger partial charge in [0.1, 0.15) is 5.75 Å². The molecule has 0 saturated heterocycles. The SMILES string of the molecule is CC(C)c1ccc(Br)c(O)c1Br. The second-order valence-electron chi connectivity index (χ2n) is 2.95. The highest BCUT2D eigenvalue weighted by Crippen LogP contribution is 2.37. The summed E-state index contributed by atoms with van der Waals surface area (Å²) in [5, 5.41) is 9.54. The van der Waals surface area contributed by atoms with Crippen LogP contribution in [-0.4, -0.2) is 5.11 Å². The minimum Gasteiger partial charge on any atom is -0.506 e. The maximum absolute atomic E-state index is 9.54. The Morgan fingerprint density at radius 3 is 2.33 bits per heavy atom. The van der Waals surface area contributed by atoms with Crippen molar-refractivity contribution in [2.45, 2.75) is 19.8 Å². The number of halogens is 2. The van der Waals surface area contributed by atoms with E-state index in [-0.39, 0.29) is 5.75 Å². The van der Waals surface area contributed by atoms with Gasteiger partial charge < -0.3 is 5.11 Å². The first kappa shape index (κ1) is 10.1. The number of phenols is 1. The third-order valence-electron chi connectivity index (χ3n) is 1.72. The van der Waals surface area contributed by atoms with Gasteiger partial charge in [0, 0.05) is 0 Å². The molecule has 0 saturated carbocycles. The molecular formula is C9H10Br2O. The monoisotopic (exact) mass is 292 g/mol. The van der Waals surface area contributed by atoms with Crippen LogP contribution < -0.4 is 0 Å². The van der Waals surface area contributed by atoms with Crippen LogP contribution in [0, 0.1) is 0 Å². The van der Waals surface area contributed by atoms with Crippen LogP contribution in [-0.2, 0) is 0 Å². The second-order valence-corrected chi connectivity index (χ2v) is 4.60. The zero-order chi connectivity index (χ0) is 9.30. The molecular weight excluding hydrogens is 284 g/mol. The predicted molar refractivity (Wildman–Crippen MR) is 57.6 cm³/mol. The van der Waals surface area contributed by atoms with Crippen molar-refractivity contribution >= 4 is 31.9 Å². The highest BCUT2D eigenvalue weighted by atomic mass is 79.9. The number of hydrogen-bond donors (Lipinski definition) is 1. The van der Waals surface area contributed by atoms with E-state index in [0.717, 1.165) is 14.5 Å². The van der Waals surface area contributed by atoms with Gasteiger partial charge in [0.05, 0.1) is 8.95 Å². The third kappa shape index (κ3) is 1.83. The number of benzene rings is 1. The fourth-order valence-corrected chi connectivity index (χ4v) is 2.40. The second kappa shape index (κ2) is 3.79. The maximum Gasteiger partial charge on any atom is 0.144 e. The Morgan fingerprint density at radius 2 is 1.83 bits per heavy atom. The van der Waals surface area contributed by atoms with Crippen LogP contribution in [0.1, 0.15) is 25.3 Å². The van der Waals surface area contributed by atoms with Crippen molar-refractivity contribution < 1.29 is 5.11 Å². The molecule has 1 aromatic carbocycles. The highest BCUT2D eigenvalue weighted by Gasteiger charge is 2.10. The normalized spacial score (nSPS) is 10.8. The molecule has 66 valence electrons. The summed E-state index contributed by atoms with van der Waals surface area (Å²) in [7, 11) is 0. The summed E-state index contributed by atoms with van der Waals surface area (Å²) < 4.78 is 1.51. The van der Waals surface area contributed by atoms with Crippen molar-refractivity contribution in [3.8, 4) is 5.75 Å². The lowest BCUT2D eigenvalue weighted by atomic mass is 10.0. The molecule has 0 amide bonds. The van der Waals surface area contributed by atoms with E-state index < -0.39 is 0 Å². The molecule has 1 nitrogen and oxygen atoms in total. The first-order chi connectivity index (χ1) is 5.54. The van der Waals surface area contributed by atoms with Crippen molar-refractivity contribution in [3.05, 3.63) is 26.6 Å². The molecule has 1 rings (SSSR count). The Labute approximate surface area is 89.1 Å². The van der Waals surface area contributed by atoms with Crippen molar-refractivity contribution in [2.24, 2.45) is 0 Å². The minimum absolute atomic E-state index is 0.279. The van der Waals surface area contributed by atoms with Crippen molar-refractivity contribution in [1.29, 1.82) is 0 Å². The van der Waals surface area contributed by atoms with Crippen LogP contribution in [0.25, 0.3) is 0 Å². The maximum atomic E-state index is 9.54. The van der Waals surface area contributed by atoms with E-state index in [2.05, 4.69) is 45.7 Å². The first-order valence-electron chi connectivity index (χ1n) is 3.71. The summed E-state index contributed by atoms with van der Waals surface area (Å²) in [6.45, 7) is 4.18. The Bertz CT molecular complexity index is 295. The summed E-state index contributed by atoms with van der Waals surface area (Å²) in [6, 6.07) is 3.86. The molecule has 3 heteroatoms. The highest BCUT2D eigenvalue weighted by molar-refractivity contribution is 9.11. The molecule has 0 aromatic heterocycles. The molecule has 0 radical (unpaired) electrons. The summed E-state index contributed by atoms with van der Waals surface area (Å²) >= 11 is 6.60. The summed E-state index contributed by atoms with van der Waals surface area (Å²) in [6.07, 6.45) is 0. The van der Waals surface area contributed by atoms with E-state index in [1.165, 1.54) is 0 Å². The molecule has 1 aromatic rings. The molecule has 0 fully saturated rings. The molecule has 0 atom stereocenters. The van der Waals surface area contributed by atoms with Crippen LogP contribution >= 0.6 is 31.9 Å². The van der Waals surface area contributed by atoms with Gasteiger partial charge >= 0.3 is 0 Å². The van der Waals surface area contributed by atoms with Gasteiger partial charge in [-0.15, -0.1) is 0 Å². The minimum atomic E-state index is 0.279. The van der Waals surface area contributed by atoms with E-state index >= 15 is 0 Å². The van der Waals surface area contributed by atoms with Gasteiger partial charge in [0.25, 0.3) is 0 Å². The number of phenolic OH excluding ortho intramolecular Hbond substituents is 1. The third-order valence-corrected chi connectivity index (χ3v) is 3.19. The van der Waals surface area contributed by atoms with E-state index in [4.69, 9.17) is 0 Å². The quantitative estimate of drug-likeness (QED) is 0.828. The van der Waals surface area contributed by atoms with Gasteiger partial charge in [-0.2, -0.15) is 0 Å². The molecule has 0 aliphatic rings. The largest absolute Gasteiger partial charge is 0.506 e. The molecule has 0 bridgehead atoms. The Kier molecular flexibility index (Phi) is 3.18. The molecule has 0 spiro atoms. The average Bonchev–Trinajstić information content (AvgIpc) is 2.00. The van der Waals surface area contributed by atoms with E-state index in [0.29, 0.717) is 5.92 Å². The number of rotatable bonds is 1. The standard InChI is InChI=1S/C9H10Br2O/c1-5(2)6-3-4-7(10)9(12)8(6)11/h3-5,12H,1-2H3. The molecule has 1 N–H and O–H groups in total. The van der Waals surface area contributed by atoms with E-state index in [1.807, 2.05) is 12.1 Å². The van der Waals surface area contributed by atoms with Crippen LogP contribution in [0.4, 0.5) is 0 Å². The zero-order valence-corrected chi connectivity index (χ0v) is 10.1. The Balaban J connectivity index is 3.27. The fraction of sp³-hybridized carbons (Fsp3) is 0.333. The van der Waals surface area contributed by atoms with Gasteiger partial charge in [-0.05, 0) is 49.4 Å². The van der Waals surface area contributed by atoms with Crippen LogP contribution in [0.2, 0.25) is 0 Å². The summed E-state index contributed by atoms with van der Waals surface area (Å²) in [5.74, 6) is 0.694. The Morgan fingerprint density at radius 1 is 1.25 bits per heavy atom. The fourth-order valence-electron chi connectivity index (χ4n) is 1.00. The lowest BCUT2D eigenvalue weighted by Gasteiger charge is -2.10. The first-order valence-corrected chi connectivity index (χ1v) is 5.29. The molecule has 12 heavy (non-hydrogen) atoms. The number of aromatic hydroxyl groups is 1. The van der Waals surface area contributed by atoms with Crippen LogP contribution in [0.15, 0.2) is 21.1 Å². The van der Waals surface area contributed by atoms with Gasteiger partial charge in [0.2, 0.25) is 0 Å². The van der Waals surface area contributed by atoms with E-state index in [9.17, 15) is 5.11 Å². The van der Waals surface area contributed by atoms with Crippen LogP contribution in [0.3, 0.4) is 0 Å². The number of hydrogen-bond acceptors (Lipinski definition) is 1. The molecule has 0 unspecified atom stereocenters. The summed E-state index contributed by atoms with van der Waals surface area (Å²) in [4.78, 5) is 0. The summed E-state index contributed by atoms with van der Waals surface area (Å²) in [5.41, 5.74) is 1.12. The molecule has 0 aliphatic carbocycles. The van der Waals surface area contributed by atoms with Gasteiger partial charge in [-0.1, -0.05) is 19.9 Å². The van der Waals surface area contributed by atoms with Crippen molar-refractivity contribution in [1.82, 2.24) is 0 Å². The topological polar surface area (TPSA) is 20.2 Å². The molecule has 0 aliphatic heterocycles. The molecule has 0 heterocycles. The van der Waals surface area contributed by atoms with Gasteiger partial charge in [0.15, 0.2) is 0 Å². The lowest BCUT2D eigenvalue weighted by molar-refractivity contribution is 0.467. The van der Waals surface area contributed by atoms with Crippen LogP contribution in [0.5, 0.6) is 5.75 Å². The average molecular weight is 294 g/mol. The zero-order valence-electron chi connectivity index (χ0n) is 6.94. The van der Waals surface area contributed by atoms with Gasteiger partial charge in [-0.3, -0.25) is 0 Å². The lowest BCUT2D eigenvalue weighted by Crippen LogP contribution is -1.89. The van der Waals surface area contributed by atoms with Crippen molar-refractivity contribution in [3.63, 3.8) is 0 Å². The van der Waals surface area contributed by atoms with E-state index in [1.54, 1.807) is 0 Å². The predicted octanol–water partition coefficient (Wildman–Crippen LogP) is 4.04. The smallest absolute Gasteiger partial charge is 0.144 e. The van der Waals surface area contributed by atoms with Crippen molar-refractivity contribution in [2.75, 3.05) is 0 Å². The van der Waals surface area contributed by atoms with Gasteiger partial charge in [-0.25, -0.2) is 0 Å². The Hall–Kier alpha value is -0.0200.